The Morgan fingerprint density at radius 2 is 1.85 bits per heavy atom. The lowest BCUT2D eigenvalue weighted by molar-refractivity contribution is -0.118. The van der Waals surface area contributed by atoms with Gasteiger partial charge in [0.25, 0.3) is 0 Å². The second-order valence-corrected chi connectivity index (χ2v) is 6.75. The molecule has 1 heterocycles. The normalized spacial score (nSPS) is 11.0. The monoisotopic (exact) mass is 349 g/mol. The van der Waals surface area contributed by atoms with Gasteiger partial charge in [-0.25, -0.2) is 4.68 Å². The van der Waals surface area contributed by atoms with Crippen LogP contribution in [0.2, 0.25) is 0 Å². The van der Waals surface area contributed by atoms with Crippen molar-refractivity contribution in [2.24, 2.45) is 0 Å². The molecule has 0 fully saturated rings. The molecule has 0 saturated carbocycles. The summed E-state index contributed by atoms with van der Waals surface area (Å²) in [6.45, 7) is 8.17. The Morgan fingerprint density at radius 1 is 1.12 bits per heavy atom. The molecule has 134 valence electrons. The maximum Gasteiger partial charge on any atom is 0.231 e. The van der Waals surface area contributed by atoms with Crippen LogP contribution in [0, 0.1) is 13.8 Å². The van der Waals surface area contributed by atoms with E-state index in [2.05, 4.69) is 33.7 Å². The van der Waals surface area contributed by atoms with Crippen LogP contribution < -0.4 is 4.90 Å². The Bertz CT molecular complexity index is 885. The Kier molecular flexibility index (Phi) is 5.11. The number of benzene rings is 2. The molecule has 0 bridgehead atoms. The highest BCUT2D eigenvalue weighted by Crippen LogP contribution is 2.24. The molecule has 0 spiro atoms. The number of carbonyl (C=O) groups is 1. The van der Waals surface area contributed by atoms with Crippen molar-refractivity contribution in [2.75, 3.05) is 4.90 Å². The Balaban J connectivity index is 1.81. The van der Waals surface area contributed by atoms with E-state index in [1.165, 1.54) is 0 Å². The topological polar surface area (TPSA) is 63.9 Å². The predicted octanol–water partition coefficient (Wildman–Crippen LogP) is 3.26. The molecule has 0 aliphatic heterocycles. The summed E-state index contributed by atoms with van der Waals surface area (Å²) in [4.78, 5) is 14.9. The zero-order valence-corrected chi connectivity index (χ0v) is 15.5. The van der Waals surface area contributed by atoms with Gasteiger partial charge in [-0.3, -0.25) is 4.79 Å². The number of aryl methyl sites for hydroxylation is 2. The minimum Gasteiger partial charge on any atom is -0.309 e. The molecular formula is C20H23N5O. The fourth-order valence-corrected chi connectivity index (χ4v) is 2.99. The third-order valence-corrected chi connectivity index (χ3v) is 4.31. The van der Waals surface area contributed by atoms with Crippen molar-refractivity contribution in [3.8, 4) is 5.69 Å². The third-order valence-electron chi connectivity index (χ3n) is 4.31. The summed E-state index contributed by atoms with van der Waals surface area (Å²) < 4.78 is 1.59. The lowest BCUT2D eigenvalue weighted by Crippen LogP contribution is -2.38. The number of anilines is 1. The second kappa shape index (κ2) is 7.47. The molecule has 26 heavy (non-hydrogen) atoms. The molecule has 0 N–H and O–H groups in total. The fraction of sp³-hybridized carbons (Fsp3) is 0.300. The molecule has 1 aromatic heterocycles. The van der Waals surface area contributed by atoms with Gasteiger partial charge in [-0.05, 0) is 73.0 Å². The first-order valence-electron chi connectivity index (χ1n) is 8.67. The van der Waals surface area contributed by atoms with Gasteiger partial charge in [-0.2, -0.15) is 0 Å². The summed E-state index contributed by atoms with van der Waals surface area (Å²) in [5, 5.41) is 11.1. The van der Waals surface area contributed by atoms with Gasteiger partial charge in [0.15, 0.2) is 0 Å². The van der Waals surface area contributed by atoms with Gasteiger partial charge < -0.3 is 4.90 Å². The number of hydrogen-bond acceptors (Lipinski definition) is 4. The van der Waals surface area contributed by atoms with Crippen molar-refractivity contribution < 1.29 is 4.79 Å². The summed E-state index contributed by atoms with van der Waals surface area (Å²) in [5.41, 5.74) is 5.06. The highest BCUT2D eigenvalue weighted by molar-refractivity contribution is 5.96. The number of hydrogen-bond donors (Lipinski definition) is 0. The first-order chi connectivity index (χ1) is 12.5. The van der Waals surface area contributed by atoms with E-state index in [1.54, 1.807) is 11.0 Å². The maximum atomic E-state index is 13.0. The number of nitrogens with zero attached hydrogens (tertiary/aromatic N) is 5. The molecule has 6 nitrogen and oxygen atoms in total. The van der Waals surface area contributed by atoms with Crippen molar-refractivity contribution in [3.05, 3.63) is 65.5 Å². The molecule has 0 aliphatic rings. The van der Waals surface area contributed by atoms with Crippen LogP contribution in [0.1, 0.15) is 30.5 Å². The highest BCUT2D eigenvalue weighted by Gasteiger charge is 2.21. The van der Waals surface area contributed by atoms with Crippen molar-refractivity contribution in [3.63, 3.8) is 0 Å². The van der Waals surface area contributed by atoms with Crippen molar-refractivity contribution in [1.29, 1.82) is 0 Å². The number of amides is 1. The molecule has 6 heteroatoms. The molecule has 0 saturated heterocycles. The van der Waals surface area contributed by atoms with E-state index in [1.807, 2.05) is 56.9 Å². The lowest BCUT2D eigenvalue weighted by atomic mass is 10.1. The van der Waals surface area contributed by atoms with Crippen LogP contribution in [0.5, 0.6) is 0 Å². The van der Waals surface area contributed by atoms with E-state index in [0.717, 1.165) is 28.1 Å². The minimum absolute atomic E-state index is 0.0866. The molecule has 2 aromatic carbocycles. The molecular weight excluding hydrogens is 326 g/mol. The molecule has 1 amide bonds. The van der Waals surface area contributed by atoms with E-state index >= 15 is 0 Å². The summed E-state index contributed by atoms with van der Waals surface area (Å²) in [5.74, 6) is 0.0869. The van der Waals surface area contributed by atoms with Gasteiger partial charge in [-0.1, -0.05) is 24.3 Å². The Hall–Kier alpha value is -3.02. The molecule has 3 rings (SSSR count). The van der Waals surface area contributed by atoms with Gasteiger partial charge in [0.05, 0.1) is 12.1 Å². The van der Waals surface area contributed by atoms with Crippen molar-refractivity contribution >= 4 is 11.6 Å². The van der Waals surface area contributed by atoms with Gasteiger partial charge in [0, 0.05) is 11.7 Å². The lowest BCUT2D eigenvalue weighted by Gasteiger charge is -2.29. The van der Waals surface area contributed by atoms with E-state index in [-0.39, 0.29) is 11.9 Å². The molecule has 0 unspecified atom stereocenters. The zero-order valence-electron chi connectivity index (χ0n) is 15.5. The molecule has 0 radical (unpaired) electrons. The van der Waals surface area contributed by atoms with Crippen molar-refractivity contribution in [1.82, 2.24) is 20.2 Å². The van der Waals surface area contributed by atoms with E-state index in [0.29, 0.717) is 6.42 Å². The van der Waals surface area contributed by atoms with Crippen LogP contribution in [0.3, 0.4) is 0 Å². The third kappa shape index (κ3) is 3.79. The summed E-state index contributed by atoms with van der Waals surface area (Å²) in [6.07, 6.45) is 1.89. The van der Waals surface area contributed by atoms with Gasteiger partial charge in [0.2, 0.25) is 5.91 Å². The van der Waals surface area contributed by atoms with Crippen LogP contribution in [-0.4, -0.2) is 32.2 Å². The fourth-order valence-electron chi connectivity index (χ4n) is 2.99. The number of aromatic nitrogens is 4. The predicted molar refractivity (Wildman–Crippen MR) is 101 cm³/mol. The smallest absolute Gasteiger partial charge is 0.231 e. The average molecular weight is 349 g/mol. The summed E-state index contributed by atoms with van der Waals surface area (Å²) in [6, 6.07) is 14.0. The van der Waals surface area contributed by atoms with E-state index in [4.69, 9.17) is 0 Å². The Morgan fingerprint density at radius 3 is 2.46 bits per heavy atom. The minimum atomic E-state index is 0.0866. The number of rotatable bonds is 5. The van der Waals surface area contributed by atoms with Crippen LogP contribution in [0.25, 0.3) is 5.69 Å². The summed E-state index contributed by atoms with van der Waals surface area (Å²) in [7, 11) is 0. The highest BCUT2D eigenvalue weighted by atomic mass is 16.2. The SMILES string of the molecule is Cc1ccc(C)c(N(C(=O)Cc2ccc(-n3cnnn3)cc2)C(C)C)c1. The van der Waals surface area contributed by atoms with E-state index in [9.17, 15) is 4.79 Å². The van der Waals surface area contributed by atoms with Crippen LogP contribution in [0.4, 0.5) is 5.69 Å². The van der Waals surface area contributed by atoms with Gasteiger partial charge in [-0.15, -0.1) is 5.10 Å². The van der Waals surface area contributed by atoms with Gasteiger partial charge >= 0.3 is 0 Å². The van der Waals surface area contributed by atoms with E-state index < -0.39 is 0 Å². The largest absolute Gasteiger partial charge is 0.309 e. The quantitative estimate of drug-likeness (QED) is 0.709. The van der Waals surface area contributed by atoms with Crippen LogP contribution in [0.15, 0.2) is 48.8 Å². The van der Waals surface area contributed by atoms with Crippen LogP contribution in [-0.2, 0) is 11.2 Å². The standard InChI is InChI=1S/C20H23N5O/c1-14(2)25(19-11-15(3)5-6-16(19)4)20(26)12-17-7-9-18(10-8-17)24-13-21-22-23-24/h5-11,13-14H,12H2,1-4H3. The maximum absolute atomic E-state index is 13.0. The average Bonchev–Trinajstić information content (AvgIpc) is 3.13. The zero-order chi connectivity index (χ0) is 18.7. The number of carbonyl (C=O) groups excluding carboxylic acids is 1. The summed E-state index contributed by atoms with van der Waals surface area (Å²) >= 11 is 0. The first-order valence-corrected chi connectivity index (χ1v) is 8.67. The first kappa shape index (κ1) is 17.8. The van der Waals surface area contributed by atoms with Gasteiger partial charge in [0.1, 0.15) is 6.33 Å². The molecule has 0 atom stereocenters. The Labute approximate surface area is 153 Å². The number of tetrazole rings is 1. The second-order valence-electron chi connectivity index (χ2n) is 6.75. The molecule has 0 aliphatic carbocycles. The van der Waals surface area contributed by atoms with Crippen LogP contribution >= 0.6 is 0 Å². The molecule has 3 aromatic rings. The van der Waals surface area contributed by atoms with Crippen molar-refractivity contribution in [2.45, 2.75) is 40.2 Å².